The van der Waals surface area contributed by atoms with Crippen LogP contribution in [0.15, 0.2) is 48.5 Å². The Balaban J connectivity index is 1.45. The molecule has 2 aromatic carbocycles. The monoisotopic (exact) mass is 375 g/mol. The molecule has 28 heavy (non-hydrogen) atoms. The van der Waals surface area contributed by atoms with E-state index in [0.29, 0.717) is 30.2 Å². The Morgan fingerprint density at radius 3 is 2.75 bits per heavy atom. The van der Waals surface area contributed by atoms with Crippen LogP contribution in [-0.4, -0.2) is 37.3 Å². The summed E-state index contributed by atoms with van der Waals surface area (Å²) in [4.78, 5) is 18.4. The van der Waals surface area contributed by atoms with Crippen molar-refractivity contribution in [1.82, 2.24) is 24.9 Å². The maximum atomic E-state index is 13.2. The number of rotatable bonds is 2. The van der Waals surface area contributed by atoms with E-state index >= 15 is 0 Å². The van der Waals surface area contributed by atoms with Crippen LogP contribution >= 0.6 is 0 Å². The number of nitrogens with one attached hydrogen (secondary N) is 1. The first-order valence-corrected chi connectivity index (χ1v) is 9.18. The first-order chi connectivity index (χ1) is 13.6. The predicted molar refractivity (Wildman–Crippen MR) is 103 cm³/mol. The summed E-state index contributed by atoms with van der Waals surface area (Å²) < 4.78 is 14.7. The van der Waals surface area contributed by atoms with Crippen molar-refractivity contribution in [2.45, 2.75) is 19.9 Å². The zero-order valence-electron chi connectivity index (χ0n) is 15.3. The number of aromatic amines is 1. The molecule has 0 spiro atoms. The highest BCUT2D eigenvalue weighted by atomic mass is 19.1. The van der Waals surface area contributed by atoms with Gasteiger partial charge in [0, 0.05) is 41.7 Å². The van der Waals surface area contributed by atoms with Gasteiger partial charge in [0.1, 0.15) is 5.82 Å². The van der Waals surface area contributed by atoms with Crippen molar-refractivity contribution >= 4 is 16.8 Å². The van der Waals surface area contributed by atoms with Crippen molar-refractivity contribution < 1.29 is 9.18 Å². The van der Waals surface area contributed by atoms with E-state index in [1.54, 1.807) is 23.7 Å². The molecule has 0 unspecified atom stereocenters. The summed E-state index contributed by atoms with van der Waals surface area (Å²) in [6.07, 6.45) is 0.779. The number of H-pyrrole nitrogens is 1. The second kappa shape index (κ2) is 6.30. The number of aromatic nitrogens is 4. The quantitative estimate of drug-likeness (QED) is 0.584. The first kappa shape index (κ1) is 16.7. The molecule has 0 aliphatic carbocycles. The zero-order valence-corrected chi connectivity index (χ0v) is 15.3. The van der Waals surface area contributed by atoms with Gasteiger partial charge in [-0.1, -0.05) is 23.4 Å². The van der Waals surface area contributed by atoms with Crippen molar-refractivity contribution in [3.8, 4) is 5.69 Å². The second-order valence-corrected chi connectivity index (χ2v) is 7.02. The second-order valence-electron chi connectivity index (χ2n) is 7.02. The molecular formula is C21H18FN5O. The molecule has 2 aromatic heterocycles. The molecule has 0 radical (unpaired) electrons. The number of hydrogen-bond donors (Lipinski definition) is 1. The number of fused-ring (bicyclic) bond motifs is 3. The molecular weight excluding hydrogens is 357 g/mol. The molecule has 7 heteroatoms. The minimum Gasteiger partial charge on any atom is -0.358 e. The van der Waals surface area contributed by atoms with Gasteiger partial charge in [0.05, 0.1) is 11.4 Å². The molecule has 0 saturated carbocycles. The molecule has 140 valence electrons. The lowest BCUT2D eigenvalue weighted by Crippen LogP contribution is -2.36. The summed E-state index contributed by atoms with van der Waals surface area (Å²) in [5.74, 6) is -0.456. The number of para-hydroxylation sites is 1. The lowest BCUT2D eigenvalue weighted by Gasteiger charge is -2.26. The number of halogens is 1. The maximum Gasteiger partial charge on any atom is 0.276 e. The van der Waals surface area contributed by atoms with Crippen molar-refractivity contribution in [3.05, 3.63) is 77.0 Å². The third-order valence-electron chi connectivity index (χ3n) is 5.34. The largest absolute Gasteiger partial charge is 0.358 e. The van der Waals surface area contributed by atoms with E-state index in [1.807, 2.05) is 17.0 Å². The first-order valence-electron chi connectivity index (χ1n) is 9.18. The molecule has 4 aromatic rings. The van der Waals surface area contributed by atoms with Gasteiger partial charge in [-0.05, 0) is 37.3 Å². The van der Waals surface area contributed by atoms with Crippen molar-refractivity contribution in [3.63, 3.8) is 0 Å². The van der Waals surface area contributed by atoms with E-state index in [2.05, 4.69) is 27.4 Å². The fraction of sp³-hybridized carbons (Fsp3) is 0.190. The molecule has 0 atom stereocenters. The smallest absolute Gasteiger partial charge is 0.276 e. The van der Waals surface area contributed by atoms with Gasteiger partial charge in [-0.3, -0.25) is 4.79 Å². The van der Waals surface area contributed by atoms with E-state index in [1.165, 1.54) is 23.4 Å². The highest BCUT2D eigenvalue weighted by Crippen LogP contribution is 2.28. The SMILES string of the molecule is Cc1c(C(=O)N2CCc3[nH]c4ccccc4c3C2)nnn1-c1ccc(F)cc1. The molecule has 1 amide bonds. The Morgan fingerprint density at radius 1 is 1.14 bits per heavy atom. The topological polar surface area (TPSA) is 66.8 Å². The standard InChI is InChI=1S/C21H18FN5O/c1-13-20(24-25-27(13)15-8-6-14(22)7-9-15)21(28)26-11-10-19-17(12-26)16-4-2-3-5-18(16)23-19/h2-9,23H,10-12H2,1H3. The Labute approximate surface area is 160 Å². The number of benzene rings is 2. The average molecular weight is 375 g/mol. The normalized spacial score (nSPS) is 13.7. The van der Waals surface area contributed by atoms with E-state index in [4.69, 9.17) is 0 Å². The highest BCUT2D eigenvalue weighted by Gasteiger charge is 2.28. The van der Waals surface area contributed by atoms with Gasteiger partial charge < -0.3 is 9.88 Å². The van der Waals surface area contributed by atoms with Crippen LogP contribution in [0.5, 0.6) is 0 Å². The Hall–Kier alpha value is -3.48. The summed E-state index contributed by atoms with van der Waals surface area (Å²) in [6, 6.07) is 14.1. The van der Waals surface area contributed by atoms with Crippen molar-refractivity contribution in [2.24, 2.45) is 0 Å². The van der Waals surface area contributed by atoms with Gasteiger partial charge in [0.15, 0.2) is 5.69 Å². The zero-order chi connectivity index (χ0) is 19.3. The lowest BCUT2D eigenvalue weighted by molar-refractivity contribution is 0.0728. The summed E-state index contributed by atoms with van der Waals surface area (Å²) in [7, 11) is 0. The average Bonchev–Trinajstić information content (AvgIpc) is 3.28. The number of amides is 1. The molecule has 3 heterocycles. The molecule has 0 bridgehead atoms. The van der Waals surface area contributed by atoms with Crippen molar-refractivity contribution in [1.29, 1.82) is 0 Å². The highest BCUT2D eigenvalue weighted by molar-refractivity contribution is 5.94. The fourth-order valence-corrected chi connectivity index (χ4v) is 3.84. The summed E-state index contributed by atoms with van der Waals surface area (Å²) >= 11 is 0. The fourth-order valence-electron chi connectivity index (χ4n) is 3.84. The van der Waals surface area contributed by atoms with E-state index in [-0.39, 0.29) is 11.7 Å². The van der Waals surface area contributed by atoms with E-state index in [9.17, 15) is 9.18 Å². The Kier molecular flexibility index (Phi) is 3.75. The van der Waals surface area contributed by atoms with Gasteiger partial charge in [0.2, 0.25) is 0 Å². The molecule has 1 aliphatic heterocycles. The summed E-state index contributed by atoms with van der Waals surface area (Å²) in [6.45, 7) is 2.97. The molecule has 5 rings (SSSR count). The summed E-state index contributed by atoms with van der Waals surface area (Å²) in [5.41, 5.74) is 5.09. The third kappa shape index (κ3) is 2.58. The van der Waals surface area contributed by atoms with Crippen molar-refractivity contribution in [2.75, 3.05) is 6.54 Å². The number of carbonyl (C=O) groups excluding carboxylic acids is 1. The van der Waals surface area contributed by atoms with Gasteiger partial charge in [-0.15, -0.1) is 5.10 Å². The number of carbonyl (C=O) groups is 1. The van der Waals surface area contributed by atoms with Crippen LogP contribution in [-0.2, 0) is 13.0 Å². The van der Waals surface area contributed by atoms with Crippen LogP contribution in [0, 0.1) is 12.7 Å². The van der Waals surface area contributed by atoms with E-state index in [0.717, 1.165) is 17.3 Å². The third-order valence-corrected chi connectivity index (χ3v) is 5.34. The van der Waals surface area contributed by atoms with Crippen LogP contribution < -0.4 is 0 Å². The molecule has 0 saturated heterocycles. The minimum absolute atomic E-state index is 0.137. The van der Waals surface area contributed by atoms with Gasteiger partial charge >= 0.3 is 0 Å². The Bertz CT molecular complexity index is 1190. The van der Waals surface area contributed by atoms with Gasteiger partial charge in [-0.2, -0.15) is 0 Å². The molecule has 1 N–H and O–H groups in total. The lowest BCUT2D eigenvalue weighted by atomic mass is 10.0. The van der Waals surface area contributed by atoms with Gasteiger partial charge in [-0.25, -0.2) is 9.07 Å². The van der Waals surface area contributed by atoms with E-state index < -0.39 is 0 Å². The van der Waals surface area contributed by atoms with Crippen LogP contribution in [0.1, 0.15) is 27.4 Å². The van der Waals surface area contributed by atoms with Crippen LogP contribution in [0.2, 0.25) is 0 Å². The molecule has 1 aliphatic rings. The molecule has 0 fully saturated rings. The van der Waals surface area contributed by atoms with Gasteiger partial charge in [0.25, 0.3) is 5.91 Å². The minimum atomic E-state index is -0.319. The maximum absolute atomic E-state index is 13.2. The van der Waals surface area contributed by atoms with Crippen LogP contribution in [0.25, 0.3) is 16.6 Å². The summed E-state index contributed by atoms with van der Waals surface area (Å²) in [5, 5.41) is 9.38. The van der Waals surface area contributed by atoms with Crippen LogP contribution in [0.3, 0.4) is 0 Å². The Morgan fingerprint density at radius 2 is 1.93 bits per heavy atom. The predicted octanol–water partition coefficient (Wildman–Crippen LogP) is 3.39. The molecule has 6 nitrogen and oxygen atoms in total. The van der Waals surface area contributed by atoms with Crippen LogP contribution in [0.4, 0.5) is 4.39 Å². The number of hydrogen-bond acceptors (Lipinski definition) is 3. The number of nitrogens with zero attached hydrogens (tertiary/aromatic N) is 4.